The van der Waals surface area contributed by atoms with Crippen molar-refractivity contribution in [1.29, 1.82) is 0 Å². The van der Waals surface area contributed by atoms with Crippen molar-refractivity contribution in [2.24, 2.45) is 11.8 Å². The molecule has 1 unspecified atom stereocenters. The zero-order valence-corrected chi connectivity index (χ0v) is 18.6. The summed E-state index contributed by atoms with van der Waals surface area (Å²) in [5.41, 5.74) is 2.15. The molecule has 8 heteroatoms. The Morgan fingerprint density at radius 1 is 0.848 bits per heavy atom. The number of benzene rings is 2. The first-order chi connectivity index (χ1) is 15.9. The van der Waals surface area contributed by atoms with Crippen molar-refractivity contribution in [1.82, 2.24) is 4.90 Å². The normalized spacial score (nSPS) is 18.8. The molecule has 2 aliphatic heterocycles. The van der Waals surface area contributed by atoms with Gasteiger partial charge >= 0.3 is 0 Å². The van der Waals surface area contributed by atoms with Crippen molar-refractivity contribution in [3.05, 3.63) is 54.6 Å². The van der Waals surface area contributed by atoms with E-state index in [0.29, 0.717) is 43.9 Å². The number of likely N-dealkylation sites (tertiary alicyclic amines) is 1. The molecule has 0 bridgehead atoms. The Labute approximate surface area is 192 Å². The number of rotatable bonds is 5. The monoisotopic (exact) mass is 448 g/mol. The Balaban J connectivity index is 1.27. The van der Waals surface area contributed by atoms with Gasteiger partial charge in [-0.3, -0.25) is 19.2 Å². The van der Waals surface area contributed by atoms with E-state index in [1.807, 2.05) is 30.3 Å². The highest BCUT2D eigenvalue weighted by molar-refractivity contribution is 6.00. The third kappa shape index (κ3) is 5.39. The third-order valence-corrected chi connectivity index (χ3v) is 6.19. The predicted molar refractivity (Wildman–Crippen MR) is 126 cm³/mol. The predicted octanol–water partition coefficient (Wildman–Crippen LogP) is 2.88. The zero-order chi connectivity index (χ0) is 23.4. The highest BCUT2D eigenvalue weighted by Gasteiger charge is 2.38. The number of anilines is 3. The van der Waals surface area contributed by atoms with Crippen molar-refractivity contribution >= 4 is 40.7 Å². The maximum Gasteiger partial charge on any atom is 0.228 e. The fraction of sp³-hybridized carbons (Fsp3) is 0.360. The van der Waals surface area contributed by atoms with Crippen molar-refractivity contribution in [3.63, 3.8) is 0 Å². The molecule has 0 aromatic heterocycles. The molecule has 2 fully saturated rings. The molecule has 33 heavy (non-hydrogen) atoms. The van der Waals surface area contributed by atoms with Crippen LogP contribution in [0.25, 0.3) is 0 Å². The summed E-state index contributed by atoms with van der Waals surface area (Å²) in [5.74, 6) is -0.767. The molecule has 0 radical (unpaired) electrons. The van der Waals surface area contributed by atoms with Gasteiger partial charge in [0.2, 0.25) is 23.6 Å². The molecule has 172 valence electrons. The summed E-state index contributed by atoms with van der Waals surface area (Å²) in [4.78, 5) is 52.7. The number of nitrogens with one attached hydrogen (secondary N) is 2. The second kappa shape index (κ2) is 9.85. The Kier molecular flexibility index (Phi) is 6.72. The first-order valence-electron chi connectivity index (χ1n) is 11.2. The van der Waals surface area contributed by atoms with Crippen LogP contribution in [0.1, 0.15) is 26.2 Å². The van der Waals surface area contributed by atoms with Gasteiger partial charge in [-0.25, -0.2) is 0 Å². The first-order valence-corrected chi connectivity index (χ1v) is 11.2. The van der Waals surface area contributed by atoms with Crippen LogP contribution in [0.5, 0.6) is 0 Å². The van der Waals surface area contributed by atoms with E-state index in [2.05, 4.69) is 10.6 Å². The van der Waals surface area contributed by atoms with Gasteiger partial charge in [-0.15, -0.1) is 0 Å². The Morgan fingerprint density at radius 2 is 1.45 bits per heavy atom. The SMILES string of the molecule is CC(=O)Nc1ccc(NC(=O)C2CCN(C(=O)C3CC(=O)N(c4ccccc4)C3)CC2)cc1. The minimum absolute atomic E-state index is 0.00537. The van der Waals surface area contributed by atoms with Crippen LogP contribution in [0.3, 0.4) is 0 Å². The summed E-state index contributed by atoms with van der Waals surface area (Å²) in [6, 6.07) is 16.4. The number of hydrogen-bond donors (Lipinski definition) is 2. The molecule has 4 rings (SSSR count). The van der Waals surface area contributed by atoms with Gasteiger partial charge in [0.15, 0.2) is 0 Å². The van der Waals surface area contributed by atoms with E-state index in [0.717, 1.165) is 5.69 Å². The van der Waals surface area contributed by atoms with E-state index in [-0.39, 0.29) is 41.9 Å². The fourth-order valence-electron chi connectivity index (χ4n) is 4.44. The van der Waals surface area contributed by atoms with Crippen molar-refractivity contribution in [3.8, 4) is 0 Å². The molecule has 4 amide bonds. The lowest BCUT2D eigenvalue weighted by Crippen LogP contribution is -2.44. The Morgan fingerprint density at radius 3 is 2.06 bits per heavy atom. The van der Waals surface area contributed by atoms with Gasteiger partial charge in [0.1, 0.15) is 0 Å². The minimum Gasteiger partial charge on any atom is -0.342 e. The van der Waals surface area contributed by atoms with Crippen molar-refractivity contribution in [2.45, 2.75) is 26.2 Å². The van der Waals surface area contributed by atoms with E-state index < -0.39 is 0 Å². The maximum atomic E-state index is 13.0. The van der Waals surface area contributed by atoms with Gasteiger partial charge in [-0.05, 0) is 49.2 Å². The molecule has 2 N–H and O–H groups in total. The number of para-hydroxylation sites is 1. The van der Waals surface area contributed by atoms with Crippen LogP contribution in [0.2, 0.25) is 0 Å². The van der Waals surface area contributed by atoms with Crippen molar-refractivity contribution < 1.29 is 19.2 Å². The maximum absolute atomic E-state index is 13.0. The minimum atomic E-state index is -0.342. The molecule has 2 aromatic carbocycles. The number of amides is 4. The molecule has 0 spiro atoms. The lowest BCUT2D eigenvalue weighted by Gasteiger charge is -2.33. The van der Waals surface area contributed by atoms with Gasteiger partial charge in [-0.1, -0.05) is 18.2 Å². The topological polar surface area (TPSA) is 98.8 Å². The molecule has 1 atom stereocenters. The number of carbonyl (C=O) groups excluding carboxylic acids is 4. The molecule has 2 heterocycles. The van der Waals surface area contributed by atoms with Gasteiger partial charge < -0.3 is 20.4 Å². The number of piperidine rings is 1. The van der Waals surface area contributed by atoms with Crippen molar-refractivity contribution in [2.75, 3.05) is 35.2 Å². The smallest absolute Gasteiger partial charge is 0.228 e. The summed E-state index contributed by atoms with van der Waals surface area (Å²) in [6.07, 6.45) is 1.40. The van der Waals surface area contributed by atoms with E-state index >= 15 is 0 Å². The second-order valence-electron chi connectivity index (χ2n) is 8.59. The standard InChI is InChI=1S/C25H28N4O4/c1-17(30)26-20-7-9-21(10-8-20)27-24(32)18-11-13-28(14-12-18)25(33)19-15-23(31)29(16-19)22-5-3-2-4-6-22/h2-10,18-19H,11-16H2,1H3,(H,26,30)(H,27,32). The summed E-state index contributed by atoms with van der Waals surface area (Å²) in [6.45, 7) is 2.86. The molecule has 2 saturated heterocycles. The fourth-order valence-corrected chi connectivity index (χ4v) is 4.44. The summed E-state index contributed by atoms with van der Waals surface area (Å²) >= 11 is 0. The van der Waals surface area contributed by atoms with Crippen LogP contribution < -0.4 is 15.5 Å². The number of carbonyl (C=O) groups is 4. The Bertz CT molecular complexity index is 1030. The average molecular weight is 449 g/mol. The molecular weight excluding hydrogens is 420 g/mol. The molecular formula is C25H28N4O4. The highest BCUT2D eigenvalue weighted by atomic mass is 16.2. The Hall–Kier alpha value is -3.68. The molecule has 2 aromatic rings. The second-order valence-corrected chi connectivity index (χ2v) is 8.59. The lowest BCUT2D eigenvalue weighted by atomic mass is 9.94. The van der Waals surface area contributed by atoms with E-state index in [9.17, 15) is 19.2 Å². The van der Waals surface area contributed by atoms with E-state index in [1.54, 1.807) is 34.1 Å². The van der Waals surface area contributed by atoms with Gasteiger partial charge in [0.05, 0.1) is 5.92 Å². The highest BCUT2D eigenvalue weighted by Crippen LogP contribution is 2.28. The number of hydrogen-bond acceptors (Lipinski definition) is 4. The lowest BCUT2D eigenvalue weighted by molar-refractivity contribution is -0.138. The van der Waals surface area contributed by atoms with Gasteiger partial charge in [0.25, 0.3) is 0 Å². The summed E-state index contributed by atoms with van der Waals surface area (Å²) < 4.78 is 0. The molecule has 2 aliphatic rings. The summed E-state index contributed by atoms with van der Waals surface area (Å²) in [7, 11) is 0. The van der Waals surface area contributed by atoms with Crippen LogP contribution in [-0.2, 0) is 19.2 Å². The van der Waals surface area contributed by atoms with Crippen LogP contribution in [0, 0.1) is 11.8 Å². The van der Waals surface area contributed by atoms with Crippen LogP contribution in [0.4, 0.5) is 17.1 Å². The van der Waals surface area contributed by atoms with Crippen LogP contribution >= 0.6 is 0 Å². The third-order valence-electron chi connectivity index (χ3n) is 6.19. The molecule has 0 saturated carbocycles. The van der Waals surface area contributed by atoms with E-state index in [4.69, 9.17) is 0 Å². The number of nitrogens with zero attached hydrogens (tertiary/aromatic N) is 2. The first kappa shape index (κ1) is 22.5. The molecule has 8 nitrogen and oxygen atoms in total. The van der Waals surface area contributed by atoms with Crippen LogP contribution in [0.15, 0.2) is 54.6 Å². The molecule has 0 aliphatic carbocycles. The summed E-state index contributed by atoms with van der Waals surface area (Å²) in [5, 5.41) is 5.60. The largest absolute Gasteiger partial charge is 0.342 e. The van der Waals surface area contributed by atoms with Gasteiger partial charge in [-0.2, -0.15) is 0 Å². The van der Waals surface area contributed by atoms with Gasteiger partial charge in [0, 0.05) is 56.0 Å². The quantitative estimate of drug-likeness (QED) is 0.735. The average Bonchev–Trinajstić information content (AvgIpc) is 3.22. The van der Waals surface area contributed by atoms with Crippen LogP contribution in [-0.4, -0.2) is 48.2 Å². The van der Waals surface area contributed by atoms with E-state index in [1.165, 1.54) is 6.92 Å². The zero-order valence-electron chi connectivity index (χ0n) is 18.6.